The lowest BCUT2D eigenvalue weighted by molar-refractivity contribution is 0.0723. The molecule has 1 aliphatic rings. The van der Waals surface area contributed by atoms with Gasteiger partial charge in [-0.3, -0.25) is 4.79 Å². The maximum Gasteiger partial charge on any atom is 0.294 e. The van der Waals surface area contributed by atoms with E-state index in [1.54, 1.807) is 23.7 Å². The molecule has 0 saturated carbocycles. The highest BCUT2D eigenvalue weighted by atomic mass is 19.1. The minimum atomic E-state index is -0.314. The van der Waals surface area contributed by atoms with Crippen molar-refractivity contribution in [3.05, 3.63) is 77.1 Å². The molecule has 1 saturated heterocycles. The van der Waals surface area contributed by atoms with Crippen molar-refractivity contribution in [2.24, 2.45) is 0 Å². The quantitative estimate of drug-likeness (QED) is 0.706. The predicted octanol–water partition coefficient (Wildman–Crippen LogP) is 4.00. The van der Waals surface area contributed by atoms with Gasteiger partial charge in [-0.25, -0.2) is 14.1 Å². The van der Waals surface area contributed by atoms with Crippen LogP contribution in [-0.4, -0.2) is 32.1 Å². The van der Waals surface area contributed by atoms with Gasteiger partial charge in [0.05, 0.1) is 11.7 Å². The van der Waals surface area contributed by atoms with Gasteiger partial charge in [0.15, 0.2) is 0 Å². The van der Waals surface area contributed by atoms with Gasteiger partial charge in [0.1, 0.15) is 11.6 Å². The molecule has 6 heteroatoms. The predicted molar refractivity (Wildman–Crippen MR) is 100 cm³/mol. The monoisotopic (exact) mass is 364 g/mol. The molecule has 2 heterocycles. The van der Waals surface area contributed by atoms with Crippen LogP contribution >= 0.6 is 0 Å². The smallest absolute Gasteiger partial charge is 0.294 e. The number of hydrogen-bond donors (Lipinski definition) is 0. The van der Waals surface area contributed by atoms with Crippen LogP contribution in [0.2, 0.25) is 0 Å². The van der Waals surface area contributed by atoms with Crippen LogP contribution in [0.5, 0.6) is 0 Å². The lowest BCUT2D eigenvalue weighted by Gasteiger charge is -2.24. The molecule has 0 unspecified atom stereocenters. The van der Waals surface area contributed by atoms with E-state index in [9.17, 15) is 9.18 Å². The number of nitrogens with zero attached hydrogens (tertiary/aromatic N) is 4. The van der Waals surface area contributed by atoms with Crippen LogP contribution in [0, 0.1) is 19.7 Å². The molecule has 3 aromatic rings. The van der Waals surface area contributed by atoms with Crippen molar-refractivity contribution >= 4 is 5.91 Å². The van der Waals surface area contributed by atoms with Crippen LogP contribution in [0.15, 0.2) is 48.5 Å². The van der Waals surface area contributed by atoms with Gasteiger partial charge in [-0.1, -0.05) is 29.8 Å². The highest BCUT2D eigenvalue weighted by molar-refractivity contribution is 5.91. The Kier molecular flexibility index (Phi) is 4.48. The summed E-state index contributed by atoms with van der Waals surface area (Å²) in [6.45, 7) is 4.53. The molecule has 27 heavy (non-hydrogen) atoms. The van der Waals surface area contributed by atoms with E-state index in [0.717, 1.165) is 18.4 Å². The molecule has 0 spiro atoms. The zero-order chi connectivity index (χ0) is 19.0. The van der Waals surface area contributed by atoms with E-state index in [2.05, 4.69) is 41.3 Å². The fraction of sp³-hybridized carbons (Fsp3) is 0.286. The Balaban J connectivity index is 1.61. The first kappa shape index (κ1) is 17.4. The molecule has 5 nitrogen and oxygen atoms in total. The first-order chi connectivity index (χ1) is 13.0. The van der Waals surface area contributed by atoms with E-state index >= 15 is 0 Å². The summed E-state index contributed by atoms with van der Waals surface area (Å²) in [5.74, 6) is 0.291. The maximum absolute atomic E-state index is 13.2. The lowest BCUT2D eigenvalue weighted by Crippen LogP contribution is -2.31. The Bertz CT molecular complexity index is 963. The molecule has 1 atom stereocenters. The summed E-state index contributed by atoms with van der Waals surface area (Å²) in [6.07, 6.45) is 1.90. The zero-order valence-corrected chi connectivity index (χ0v) is 15.4. The SMILES string of the molecule is Cc1ccc([C@H]2CCCN2C(=O)c2nc(C)n(-c3ccc(F)cc3)n2)cc1. The molecule has 1 amide bonds. The largest absolute Gasteiger partial charge is 0.329 e. The van der Waals surface area contributed by atoms with E-state index in [-0.39, 0.29) is 23.6 Å². The van der Waals surface area contributed by atoms with Gasteiger partial charge in [0, 0.05) is 6.54 Å². The lowest BCUT2D eigenvalue weighted by atomic mass is 10.0. The Morgan fingerprint density at radius 2 is 1.78 bits per heavy atom. The van der Waals surface area contributed by atoms with Crippen LogP contribution in [0.3, 0.4) is 0 Å². The molecular formula is C21H21FN4O. The standard InChI is InChI=1S/C21H21FN4O/c1-14-5-7-16(8-6-14)19-4-3-13-25(19)21(27)20-23-15(2)26(24-20)18-11-9-17(22)10-12-18/h5-12,19H,3-4,13H2,1-2H3/t19-/m1/s1. The Morgan fingerprint density at radius 1 is 1.07 bits per heavy atom. The number of halogens is 1. The minimum absolute atomic E-state index is 0.0520. The van der Waals surface area contributed by atoms with Crippen molar-refractivity contribution in [2.45, 2.75) is 32.7 Å². The summed E-state index contributed by atoms with van der Waals surface area (Å²) in [4.78, 5) is 19.3. The number of amides is 1. The van der Waals surface area contributed by atoms with Crippen LogP contribution in [0.1, 0.15) is 46.5 Å². The van der Waals surface area contributed by atoms with E-state index in [4.69, 9.17) is 0 Å². The summed E-state index contributed by atoms with van der Waals surface area (Å²) >= 11 is 0. The molecule has 1 aliphatic heterocycles. The number of hydrogen-bond acceptors (Lipinski definition) is 3. The van der Waals surface area contributed by atoms with Crippen LogP contribution < -0.4 is 0 Å². The Labute approximate surface area is 157 Å². The average molecular weight is 364 g/mol. The number of rotatable bonds is 3. The van der Waals surface area contributed by atoms with Gasteiger partial charge < -0.3 is 4.90 Å². The number of carbonyl (C=O) groups is 1. The minimum Gasteiger partial charge on any atom is -0.329 e. The number of aromatic nitrogens is 3. The number of likely N-dealkylation sites (tertiary alicyclic amines) is 1. The van der Waals surface area contributed by atoms with Crippen molar-refractivity contribution in [3.8, 4) is 5.69 Å². The second-order valence-electron chi connectivity index (χ2n) is 6.94. The Morgan fingerprint density at radius 3 is 2.48 bits per heavy atom. The topological polar surface area (TPSA) is 51.0 Å². The third kappa shape index (κ3) is 3.35. The first-order valence-corrected chi connectivity index (χ1v) is 9.10. The summed E-state index contributed by atoms with van der Waals surface area (Å²) in [7, 11) is 0. The van der Waals surface area contributed by atoms with Crippen LogP contribution in [-0.2, 0) is 0 Å². The van der Waals surface area contributed by atoms with Gasteiger partial charge in [0.25, 0.3) is 5.91 Å². The molecule has 1 aromatic heterocycles. The van der Waals surface area contributed by atoms with Crippen LogP contribution in [0.25, 0.3) is 5.69 Å². The molecule has 0 aliphatic carbocycles. The summed E-state index contributed by atoms with van der Waals surface area (Å²) in [6, 6.07) is 14.3. The summed E-state index contributed by atoms with van der Waals surface area (Å²) < 4.78 is 14.7. The number of aryl methyl sites for hydroxylation is 2. The van der Waals surface area contributed by atoms with Crippen molar-refractivity contribution < 1.29 is 9.18 Å². The average Bonchev–Trinajstić information content (AvgIpc) is 3.30. The second-order valence-corrected chi connectivity index (χ2v) is 6.94. The van der Waals surface area contributed by atoms with E-state index in [1.165, 1.54) is 17.7 Å². The van der Waals surface area contributed by atoms with Crippen LogP contribution in [0.4, 0.5) is 4.39 Å². The molecule has 0 bridgehead atoms. The Hall–Kier alpha value is -3.02. The number of benzene rings is 2. The summed E-state index contributed by atoms with van der Waals surface area (Å²) in [5, 5.41) is 4.39. The van der Waals surface area contributed by atoms with Crippen molar-refractivity contribution in [1.82, 2.24) is 19.7 Å². The molecular weight excluding hydrogens is 343 g/mol. The van der Waals surface area contributed by atoms with E-state index < -0.39 is 0 Å². The van der Waals surface area contributed by atoms with Gasteiger partial charge in [-0.15, -0.1) is 5.10 Å². The van der Waals surface area contributed by atoms with Gasteiger partial charge in [-0.2, -0.15) is 0 Å². The zero-order valence-electron chi connectivity index (χ0n) is 15.4. The molecule has 138 valence electrons. The normalized spacial score (nSPS) is 16.7. The molecule has 4 rings (SSSR count). The molecule has 0 N–H and O–H groups in total. The third-order valence-electron chi connectivity index (χ3n) is 5.01. The second kappa shape index (κ2) is 6.95. The summed E-state index contributed by atoms with van der Waals surface area (Å²) in [5.41, 5.74) is 3.02. The fourth-order valence-corrected chi connectivity index (χ4v) is 3.58. The van der Waals surface area contributed by atoms with Crippen molar-refractivity contribution in [2.75, 3.05) is 6.54 Å². The third-order valence-corrected chi connectivity index (χ3v) is 5.01. The molecule has 1 fully saturated rings. The highest BCUT2D eigenvalue weighted by Gasteiger charge is 2.32. The van der Waals surface area contributed by atoms with Gasteiger partial charge >= 0.3 is 0 Å². The van der Waals surface area contributed by atoms with Crippen molar-refractivity contribution in [3.63, 3.8) is 0 Å². The molecule has 2 aromatic carbocycles. The van der Waals surface area contributed by atoms with Gasteiger partial charge in [0.2, 0.25) is 5.82 Å². The van der Waals surface area contributed by atoms with E-state index in [0.29, 0.717) is 18.1 Å². The first-order valence-electron chi connectivity index (χ1n) is 9.10. The van der Waals surface area contributed by atoms with Gasteiger partial charge in [-0.05, 0) is 56.5 Å². The maximum atomic E-state index is 13.2. The van der Waals surface area contributed by atoms with E-state index in [1.807, 2.05) is 4.90 Å². The fourth-order valence-electron chi connectivity index (χ4n) is 3.58. The molecule has 0 radical (unpaired) electrons. The van der Waals surface area contributed by atoms with Crippen molar-refractivity contribution in [1.29, 1.82) is 0 Å². The highest BCUT2D eigenvalue weighted by Crippen LogP contribution is 2.33. The number of carbonyl (C=O) groups excluding carboxylic acids is 1.